The van der Waals surface area contributed by atoms with Crippen LogP contribution in [0, 0.1) is 0 Å². The third kappa shape index (κ3) is 10.3. The van der Waals surface area contributed by atoms with Crippen LogP contribution in [0.3, 0.4) is 0 Å². The molecule has 0 aromatic heterocycles. The van der Waals surface area contributed by atoms with E-state index in [0.717, 1.165) is 37.1 Å². The van der Waals surface area contributed by atoms with Crippen molar-refractivity contribution in [3.05, 3.63) is 29.8 Å². The van der Waals surface area contributed by atoms with Crippen LogP contribution in [-0.4, -0.2) is 43.0 Å². The van der Waals surface area contributed by atoms with Gasteiger partial charge in [0.15, 0.2) is 0 Å². The Kier molecular flexibility index (Phi) is 11.7. The van der Waals surface area contributed by atoms with Crippen LogP contribution in [0.25, 0.3) is 0 Å². The third-order valence-electron chi connectivity index (χ3n) is 3.77. The summed E-state index contributed by atoms with van der Waals surface area (Å²) in [5.41, 5.74) is 5.80. The molecule has 0 fully saturated rings. The number of halogens is 1. The number of hydrazine groups is 1. The zero-order valence-electron chi connectivity index (χ0n) is 15.5. The second-order valence-electron chi connectivity index (χ2n) is 5.94. The summed E-state index contributed by atoms with van der Waals surface area (Å²) >= 11 is 2.13. The molecule has 0 saturated heterocycles. The van der Waals surface area contributed by atoms with Crippen LogP contribution in [0.2, 0.25) is 0 Å². The molecule has 1 unspecified atom stereocenters. The highest BCUT2D eigenvalue weighted by atomic mass is 127. The summed E-state index contributed by atoms with van der Waals surface area (Å²) in [5, 5.41) is 16.6. The molecule has 10 heteroatoms. The largest absolute Gasteiger partial charge is 0.443 e. The number of nitrogens with one attached hydrogen (secondary N) is 5. The fraction of sp³-hybridized carbons (Fsp3) is 0.529. The average Bonchev–Trinajstić information content (AvgIpc) is 2.65. The molecular formula is C17H28IN5O4. The van der Waals surface area contributed by atoms with E-state index in [1.807, 2.05) is 7.05 Å². The molecule has 0 saturated carbocycles. The van der Waals surface area contributed by atoms with Crippen LogP contribution >= 0.6 is 22.9 Å². The van der Waals surface area contributed by atoms with E-state index < -0.39 is 12.3 Å². The summed E-state index contributed by atoms with van der Waals surface area (Å²) < 4.78 is 8.05. The van der Waals surface area contributed by atoms with Crippen molar-refractivity contribution in [1.29, 1.82) is 0 Å². The summed E-state index contributed by atoms with van der Waals surface area (Å²) in [6.07, 6.45) is 1.47. The predicted octanol–water partition coefficient (Wildman–Crippen LogP) is 1.39. The maximum absolute atomic E-state index is 11.4. The van der Waals surface area contributed by atoms with Crippen LogP contribution in [0.5, 0.6) is 0 Å². The van der Waals surface area contributed by atoms with Gasteiger partial charge in [-0.05, 0) is 37.6 Å². The Balaban J connectivity index is 2.41. The van der Waals surface area contributed by atoms with Crippen molar-refractivity contribution in [2.75, 3.05) is 18.9 Å². The van der Waals surface area contributed by atoms with Crippen molar-refractivity contribution < 1.29 is 19.4 Å². The van der Waals surface area contributed by atoms with Crippen molar-refractivity contribution in [2.45, 2.75) is 45.1 Å². The van der Waals surface area contributed by atoms with Gasteiger partial charge in [0, 0.05) is 42.0 Å². The zero-order valence-corrected chi connectivity index (χ0v) is 17.7. The van der Waals surface area contributed by atoms with Crippen molar-refractivity contribution in [3.8, 4) is 0 Å². The maximum atomic E-state index is 11.4. The van der Waals surface area contributed by atoms with Crippen molar-refractivity contribution in [1.82, 2.24) is 19.7 Å². The smallest absolute Gasteiger partial charge is 0.426 e. The molecule has 9 nitrogen and oxygen atoms in total. The number of benzene rings is 1. The molecule has 0 bridgehead atoms. The molecule has 0 aliphatic carbocycles. The van der Waals surface area contributed by atoms with Crippen LogP contribution in [0.15, 0.2) is 24.3 Å². The normalized spacial score (nSPS) is 12.7. The Bertz CT molecular complexity index is 573. The lowest BCUT2D eigenvalue weighted by molar-refractivity contribution is -0.119. The van der Waals surface area contributed by atoms with Gasteiger partial charge in [0.2, 0.25) is 5.91 Å². The standard InChI is InChI=1S/C17H28IN5O4/c1-12(24)22-23-17(26)27-11-13-6-8-14(9-7-13)21-16(25)15(19-2)5-3-4-10-20-18/h6-9,15-16,19-21,25H,3-5,10-11H2,1-2H3,(H,22,24)(H,23,26)/t15-,16?/m0/s1. The van der Waals surface area contributed by atoms with Gasteiger partial charge in [-0.3, -0.25) is 13.8 Å². The van der Waals surface area contributed by atoms with E-state index in [1.165, 1.54) is 6.92 Å². The van der Waals surface area contributed by atoms with Crippen LogP contribution < -0.4 is 25.0 Å². The van der Waals surface area contributed by atoms with Gasteiger partial charge in [-0.15, -0.1) is 0 Å². The molecule has 1 aromatic rings. The molecule has 0 aliphatic rings. The molecular weight excluding hydrogens is 465 g/mol. The van der Waals surface area contributed by atoms with E-state index >= 15 is 0 Å². The summed E-state index contributed by atoms with van der Waals surface area (Å²) in [6, 6.07) is 7.14. The second kappa shape index (κ2) is 13.5. The molecule has 1 rings (SSSR count). The minimum Gasteiger partial charge on any atom is -0.443 e. The number of hydrogen-bond acceptors (Lipinski definition) is 7. The molecule has 2 amide bonds. The molecule has 0 heterocycles. The molecule has 2 atom stereocenters. The Morgan fingerprint density at radius 3 is 2.48 bits per heavy atom. The number of amides is 2. The highest BCUT2D eigenvalue weighted by Crippen LogP contribution is 2.14. The lowest BCUT2D eigenvalue weighted by atomic mass is 10.1. The molecule has 6 N–H and O–H groups in total. The molecule has 152 valence electrons. The monoisotopic (exact) mass is 493 g/mol. The Morgan fingerprint density at radius 1 is 1.19 bits per heavy atom. The number of hydrogen-bond donors (Lipinski definition) is 6. The van der Waals surface area contributed by atoms with E-state index in [4.69, 9.17) is 4.74 Å². The number of rotatable bonds is 11. The third-order valence-corrected chi connectivity index (χ3v) is 4.31. The number of anilines is 1. The summed E-state index contributed by atoms with van der Waals surface area (Å²) in [5.74, 6) is -0.387. The lowest BCUT2D eigenvalue weighted by Gasteiger charge is -2.24. The fourth-order valence-electron chi connectivity index (χ4n) is 2.31. The SMILES string of the molecule is CN[C@@H](CCCCNI)C(O)Nc1ccc(COC(=O)NNC(C)=O)cc1. The number of carbonyl (C=O) groups is 2. The van der Waals surface area contributed by atoms with E-state index in [9.17, 15) is 14.7 Å². The van der Waals surface area contributed by atoms with Gasteiger partial charge < -0.3 is 20.5 Å². The maximum Gasteiger partial charge on any atom is 0.426 e. The number of unbranched alkanes of at least 4 members (excludes halogenated alkanes) is 1. The topological polar surface area (TPSA) is 124 Å². The molecule has 0 aliphatic heterocycles. The highest BCUT2D eigenvalue weighted by molar-refractivity contribution is 14.1. The van der Waals surface area contributed by atoms with Crippen LogP contribution in [0.1, 0.15) is 31.7 Å². The Labute approximate surface area is 173 Å². The van der Waals surface area contributed by atoms with E-state index in [-0.39, 0.29) is 18.6 Å². The first-order valence-electron chi connectivity index (χ1n) is 8.70. The zero-order chi connectivity index (χ0) is 20.1. The van der Waals surface area contributed by atoms with E-state index in [0.29, 0.717) is 0 Å². The van der Waals surface area contributed by atoms with Crippen molar-refractivity contribution in [3.63, 3.8) is 0 Å². The number of carbonyl (C=O) groups excluding carboxylic acids is 2. The lowest BCUT2D eigenvalue weighted by Crippen LogP contribution is -2.42. The van der Waals surface area contributed by atoms with Gasteiger partial charge in [-0.25, -0.2) is 10.2 Å². The van der Waals surface area contributed by atoms with E-state index in [1.54, 1.807) is 24.3 Å². The minimum atomic E-state index is -0.738. The summed E-state index contributed by atoms with van der Waals surface area (Å²) in [4.78, 5) is 22.1. The Hall–Kier alpha value is -1.63. The van der Waals surface area contributed by atoms with Crippen LogP contribution in [-0.2, 0) is 16.1 Å². The fourth-order valence-corrected chi connectivity index (χ4v) is 2.69. The second-order valence-corrected chi connectivity index (χ2v) is 6.71. The average molecular weight is 493 g/mol. The number of ether oxygens (including phenoxy) is 1. The number of aliphatic hydroxyl groups excluding tert-OH is 1. The minimum absolute atomic E-state index is 0.0558. The molecule has 0 spiro atoms. The van der Waals surface area contributed by atoms with E-state index in [2.05, 4.69) is 47.9 Å². The van der Waals surface area contributed by atoms with Gasteiger partial charge in [0.1, 0.15) is 12.8 Å². The van der Waals surface area contributed by atoms with Crippen molar-refractivity contribution >= 4 is 40.6 Å². The first kappa shape index (κ1) is 23.4. The van der Waals surface area contributed by atoms with Crippen LogP contribution in [0.4, 0.5) is 10.5 Å². The summed E-state index contributed by atoms with van der Waals surface area (Å²) in [6.45, 7) is 2.30. The van der Waals surface area contributed by atoms with Gasteiger partial charge in [0.25, 0.3) is 0 Å². The highest BCUT2D eigenvalue weighted by Gasteiger charge is 2.16. The predicted molar refractivity (Wildman–Crippen MR) is 112 cm³/mol. The number of aliphatic hydroxyl groups is 1. The van der Waals surface area contributed by atoms with Gasteiger partial charge in [-0.2, -0.15) is 0 Å². The first-order chi connectivity index (χ1) is 13.0. The quantitative estimate of drug-likeness (QED) is 0.0906. The Morgan fingerprint density at radius 2 is 1.89 bits per heavy atom. The van der Waals surface area contributed by atoms with Crippen molar-refractivity contribution in [2.24, 2.45) is 0 Å². The molecule has 0 radical (unpaired) electrons. The number of likely N-dealkylation sites (N-methyl/N-ethyl adjacent to an activating group) is 1. The van der Waals surface area contributed by atoms with Gasteiger partial charge in [-0.1, -0.05) is 18.6 Å². The molecule has 27 heavy (non-hydrogen) atoms. The van der Waals surface area contributed by atoms with Gasteiger partial charge >= 0.3 is 6.09 Å². The van der Waals surface area contributed by atoms with Gasteiger partial charge in [0.05, 0.1) is 6.04 Å². The first-order valence-corrected chi connectivity index (χ1v) is 9.77. The summed E-state index contributed by atoms with van der Waals surface area (Å²) in [7, 11) is 1.83. The molecule has 1 aromatic carbocycles.